The molecule has 0 aromatic carbocycles. The molecule has 0 saturated carbocycles. The topological polar surface area (TPSA) is 66.8 Å². The molecule has 0 heterocycles. The summed E-state index contributed by atoms with van der Waals surface area (Å²) in [5, 5.41) is 0. The number of nitrogens with zero attached hydrogens (tertiary/aromatic N) is 1. The van der Waals surface area contributed by atoms with Gasteiger partial charge in [0, 0.05) is 7.11 Å². The third kappa shape index (κ3) is 26.6. The molecule has 0 saturated heterocycles. The first-order valence-electron chi connectivity index (χ1n) is 7.54. The standard InChI is InChI=1S/C13H30N.CH5O4P/c1-5-6-7-8-9-10-11-12-13-14(2,3)4;1-5-6(2,3)4/h5-13H2,1-4H3;1H3,(H2,2,3,4)/q+1;. The van der Waals surface area contributed by atoms with Crippen LogP contribution < -0.4 is 0 Å². The Hall–Kier alpha value is 0.0700. The Bertz CT molecular complexity index is 248. The average Bonchev–Trinajstić information content (AvgIpc) is 2.31. The lowest BCUT2D eigenvalue weighted by Gasteiger charge is -2.23. The smallest absolute Gasteiger partial charge is 0.331 e. The summed E-state index contributed by atoms with van der Waals surface area (Å²) in [6.07, 6.45) is 11.4. The lowest BCUT2D eigenvalue weighted by atomic mass is 10.1. The summed E-state index contributed by atoms with van der Waals surface area (Å²) in [5.74, 6) is 0. The molecule has 0 atom stereocenters. The molecule has 0 bridgehead atoms. The molecule has 0 aromatic rings. The highest BCUT2D eigenvalue weighted by Crippen LogP contribution is 2.33. The van der Waals surface area contributed by atoms with Gasteiger partial charge in [-0.15, -0.1) is 0 Å². The maximum absolute atomic E-state index is 9.47. The lowest BCUT2D eigenvalue weighted by molar-refractivity contribution is -0.870. The average molecular weight is 312 g/mol. The van der Waals surface area contributed by atoms with Crippen molar-refractivity contribution in [3.63, 3.8) is 0 Å². The second kappa shape index (κ2) is 12.8. The van der Waals surface area contributed by atoms with Crippen LogP contribution in [0.2, 0.25) is 0 Å². The first kappa shape index (κ1) is 22.4. The van der Waals surface area contributed by atoms with Crippen LogP contribution in [0.15, 0.2) is 0 Å². The van der Waals surface area contributed by atoms with Crippen molar-refractivity contribution < 1.29 is 23.4 Å². The number of hydrogen-bond donors (Lipinski definition) is 2. The SMILES string of the molecule is CCCCCCCCCC[N+](C)(C)C.COP(=O)(O)O. The van der Waals surface area contributed by atoms with E-state index in [-0.39, 0.29) is 0 Å². The van der Waals surface area contributed by atoms with E-state index >= 15 is 0 Å². The van der Waals surface area contributed by atoms with Crippen LogP contribution in [0.1, 0.15) is 58.3 Å². The Kier molecular flexibility index (Phi) is 14.3. The molecule has 0 unspecified atom stereocenters. The van der Waals surface area contributed by atoms with E-state index in [4.69, 9.17) is 9.79 Å². The normalized spacial score (nSPS) is 11.9. The van der Waals surface area contributed by atoms with E-state index < -0.39 is 7.82 Å². The fourth-order valence-electron chi connectivity index (χ4n) is 1.72. The van der Waals surface area contributed by atoms with Crippen LogP contribution in [-0.4, -0.2) is 49.1 Å². The van der Waals surface area contributed by atoms with Gasteiger partial charge < -0.3 is 14.3 Å². The zero-order chi connectivity index (χ0) is 16.1. The summed E-state index contributed by atoms with van der Waals surface area (Å²) in [6, 6.07) is 0. The molecule has 0 rings (SSSR count). The van der Waals surface area contributed by atoms with Gasteiger partial charge in [-0.05, 0) is 12.8 Å². The second-order valence-corrected chi connectivity index (χ2v) is 7.51. The van der Waals surface area contributed by atoms with Crippen LogP contribution in [0.25, 0.3) is 0 Å². The fourth-order valence-corrected chi connectivity index (χ4v) is 1.72. The molecule has 2 N–H and O–H groups in total. The Morgan fingerprint density at radius 2 is 1.25 bits per heavy atom. The third-order valence-electron chi connectivity index (χ3n) is 2.92. The van der Waals surface area contributed by atoms with Crippen LogP contribution in [0, 0.1) is 0 Å². The Labute approximate surface area is 125 Å². The van der Waals surface area contributed by atoms with Crippen LogP contribution in [0.4, 0.5) is 0 Å². The molecule has 0 fully saturated rings. The van der Waals surface area contributed by atoms with E-state index in [0.717, 1.165) is 11.6 Å². The number of quaternary nitrogens is 1. The highest BCUT2D eigenvalue weighted by atomic mass is 31.2. The highest BCUT2D eigenvalue weighted by Gasteiger charge is 2.07. The number of unbranched alkanes of at least 4 members (excludes halogenated alkanes) is 7. The predicted molar refractivity (Wildman–Crippen MR) is 84.6 cm³/mol. The van der Waals surface area contributed by atoms with E-state index in [9.17, 15) is 4.57 Å². The van der Waals surface area contributed by atoms with Crippen LogP contribution in [0.5, 0.6) is 0 Å². The predicted octanol–water partition coefficient (Wildman–Crippen LogP) is 3.56. The fraction of sp³-hybridized carbons (Fsp3) is 1.00. The van der Waals surface area contributed by atoms with Gasteiger partial charge in [0.05, 0.1) is 27.7 Å². The number of phosphoric acid groups is 1. The van der Waals surface area contributed by atoms with Gasteiger partial charge in [0.25, 0.3) is 0 Å². The van der Waals surface area contributed by atoms with E-state index in [0.29, 0.717) is 0 Å². The van der Waals surface area contributed by atoms with Crippen molar-refractivity contribution in [1.29, 1.82) is 0 Å². The molecule has 0 aromatic heterocycles. The molecule has 6 heteroatoms. The Balaban J connectivity index is 0. The van der Waals surface area contributed by atoms with Crippen molar-refractivity contribution in [3.8, 4) is 0 Å². The molecule has 0 aliphatic rings. The van der Waals surface area contributed by atoms with Crippen molar-refractivity contribution in [2.45, 2.75) is 58.3 Å². The first-order valence-corrected chi connectivity index (χ1v) is 9.07. The van der Waals surface area contributed by atoms with Crippen molar-refractivity contribution in [1.82, 2.24) is 0 Å². The summed E-state index contributed by atoms with van der Waals surface area (Å²) in [7, 11) is 3.64. The minimum atomic E-state index is -4.15. The molecule has 0 spiro atoms. The van der Waals surface area contributed by atoms with Gasteiger partial charge in [0.15, 0.2) is 0 Å². The summed E-state index contributed by atoms with van der Waals surface area (Å²) in [6.45, 7) is 3.61. The van der Waals surface area contributed by atoms with Gasteiger partial charge in [-0.25, -0.2) is 4.57 Å². The zero-order valence-electron chi connectivity index (χ0n) is 14.0. The van der Waals surface area contributed by atoms with E-state index in [1.54, 1.807) is 0 Å². The Morgan fingerprint density at radius 3 is 1.55 bits per heavy atom. The van der Waals surface area contributed by atoms with Crippen molar-refractivity contribution >= 4 is 7.82 Å². The van der Waals surface area contributed by atoms with Gasteiger partial charge >= 0.3 is 7.82 Å². The maximum atomic E-state index is 9.47. The zero-order valence-corrected chi connectivity index (χ0v) is 14.9. The molecule has 0 radical (unpaired) electrons. The van der Waals surface area contributed by atoms with Gasteiger partial charge in [-0.3, -0.25) is 4.52 Å². The minimum Gasteiger partial charge on any atom is -0.331 e. The molecule has 124 valence electrons. The van der Waals surface area contributed by atoms with Crippen LogP contribution in [-0.2, 0) is 9.09 Å². The third-order valence-corrected chi connectivity index (χ3v) is 3.40. The van der Waals surface area contributed by atoms with Crippen molar-refractivity contribution in [3.05, 3.63) is 0 Å². The molecular formula is C14H35NO4P+. The summed E-state index contributed by atoms with van der Waals surface area (Å²) in [5.41, 5.74) is 0. The van der Waals surface area contributed by atoms with E-state index in [1.807, 2.05) is 0 Å². The minimum absolute atomic E-state index is 0.945. The van der Waals surface area contributed by atoms with Crippen LogP contribution >= 0.6 is 7.82 Å². The quantitative estimate of drug-likeness (QED) is 0.368. The largest absolute Gasteiger partial charge is 0.469 e. The monoisotopic (exact) mass is 312 g/mol. The molecular weight excluding hydrogens is 277 g/mol. The van der Waals surface area contributed by atoms with Gasteiger partial charge in [0.1, 0.15) is 0 Å². The van der Waals surface area contributed by atoms with Crippen molar-refractivity contribution in [2.75, 3.05) is 34.8 Å². The van der Waals surface area contributed by atoms with Crippen molar-refractivity contribution in [2.24, 2.45) is 0 Å². The molecule has 0 amide bonds. The maximum Gasteiger partial charge on any atom is 0.469 e. The summed E-state index contributed by atoms with van der Waals surface area (Å²) >= 11 is 0. The number of rotatable bonds is 10. The molecule has 5 nitrogen and oxygen atoms in total. The van der Waals surface area contributed by atoms with Crippen LogP contribution in [0.3, 0.4) is 0 Å². The van der Waals surface area contributed by atoms with Gasteiger partial charge in [-0.1, -0.05) is 45.4 Å². The molecule has 20 heavy (non-hydrogen) atoms. The van der Waals surface area contributed by atoms with Gasteiger partial charge in [0.2, 0.25) is 0 Å². The number of hydrogen-bond acceptors (Lipinski definition) is 2. The highest BCUT2D eigenvalue weighted by molar-refractivity contribution is 7.46. The van der Waals surface area contributed by atoms with Gasteiger partial charge in [-0.2, -0.15) is 0 Å². The summed E-state index contributed by atoms with van der Waals surface area (Å²) in [4.78, 5) is 15.4. The molecule has 0 aliphatic heterocycles. The van der Waals surface area contributed by atoms with E-state index in [2.05, 4.69) is 32.6 Å². The number of phosphoric ester groups is 1. The molecule has 0 aliphatic carbocycles. The Morgan fingerprint density at radius 1 is 0.900 bits per heavy atom. The van der Waals surface area contributed by atoms with E-state index in [1.165, 1.54) is 57.9 Å². The first-order chi connectivity index (χ1) is 9.12. The second-order valence-electron chi connectivity index (χ2n) is 6.16. The lowest BCUT2D eigenvalue weighted by Crippen LogP contribution is -2.35. The summed E-state index contributed by atoms with van der Waals surface area (Å²) < 4.78 is 14.2.